The number of rotatable bonds is 6. The summed E-state index contributed by atoms with van der Waals surface area (Å²) in [7, 11) is 1.63. The Morgan fingerprint density at radius 2 is 2.05 bits per heavy atom. The van der Waals surface area contributed by atoms with E-state index in [9.17, 15) is 4.79 Å². The van der Waals surface area contributed by atoms with E-state index in [1.54, 1.807) is 19.5 Å². The van der Waals surface area contributed by atoms with Crippen LogP contribution in [-0.4, -0.2) is 18.0 Å². The molecule has 0 unspecified atom stereocenters. The van der Waals surface area contributed by atoms with Gasteiger partial charge < -0.3 is 10.1 Å². The van der Waals surface area contributed by atoms with Crippen LogP contribution in [0.25, 0.3) is 0 Å². The Balaban J connectivity index is 1.98. The number of carbonyl (C=O) groups is 1. The van der Waals surface area contributed by atoms with Crippen molar-refractivity contribution < 1.29 is 9.53 Å². The Kier molecular flexibility index (Phi) is 5.90. The number of aryl methyl sites for hydroxylation is 1. The quantitative estimate of drug-likeness (QED) is 0.868. The molecular formula is C16H17BrN2O2. The predicted molar refractivity (Wildman–Crippen MR) is 86.0 cm³/mol. The van der Waals surface area contributed by atoms with Crippen molar-refractivity contribution in [1.29, 1.82) is 0 Å². The molecule has 0 atom stereocenters. The number of halogens is 1. The zero-order chi connectivity index (χ0) is 15.1. The van der Waals surface area contributed by atoms with Crippen molar-refractivity contribution in [1.82, 2.24) is 4.98 Å². The molecule has 1 heterocycles. The normalized spacial score (nSPS) is 10.4. The summed E-state index contributed by atoms with van der Waals surface area (Å²) in [6.45, 7) is 0.446. The molecule has 2 aromatic rings. The van der Waals surface area contributed by atoms with Crippen LogP contribution in [0.5, 0.6) is 0 Å². The summed E-state index contributed by atoms with van der Waals surface area (Å²) < 4.78 is 6.10. The molecule has 0 saturated carbocycles. The van der Waals surface area contributed by atoms with Gasteiger partial charge in [-0.05, 0) is 36.2 Å². The van der Waals surface area contributed by atoms with E-state index in [1.807, 2.05) is 30.3 Å². The van der Waals surface area contributed by atoms with Crippen molar-refractivity contribution in [3.63, 3.8) is 0 Å². The number of nitrogens with zero attached hydrogens (tertiary/aromatic N) is 1. The highest BCUT2D eigenvalue weighted by Crippen LogP contribution is 2.25. The number of methoxy groups -OCH3 is 1. The number of hydrogen-bond acceptors (Lipinski definition) is 3. The van der Waals surface area contributed by atoms with Crippen LogP contribution in [0.15, 0.2) is 47.2 Å². The third-order valence-electron chi connectivity index (χ3n) is 3.07. The van der Waals surface area contributed by atoms with Gasteiger partial charge in [-0.2, -0.15) is 0 Å². The van der Waals surface area contributed by atoms with Crippen molar-refractivity contribution in [2.24, 2.45) is 0 Å². The van der Waals surface area contributed by atoms with Crippen LogP contribution in [0.3, 0.4) is 0 Å². The summed E-state index contributed by atoms with van der Waals surface area (Å²) in [6.07, 6.45) is 4.60. The van der Waals surface area contributed by atoms with Crippen molar-refractivity contribution in [3.05, 3.63) is 58.3 Å². The summed E-state index contributed by atoms with van der Waals surface area (Å²) in [5, 5.41) is 2.94. The lowest BCUT2D eigenvalue weighted by molar-refractivity contribution is -0.116. The average molecular weight is 349 g/mol. The van der Waals surface area contributed by atoms with Gasteiger partial charge in [0.25, 0.3) is 0 Å². The Morgan fingerprint density at radius 1 is 1.29 bits per heavy atom. The third-order valence-corrected chi connectivity index (χ3v) is 3.81. The van der Waals surface area contributed by atoms with Gasteiger partial charge in [0.2, 0.25) is 5.91 Å². The van der Waals surface area contributed by atoms with Crippen LogP contribution in [0.1, 0.15) is 17.5 Å². The number of hydrogen-bond donors (Lipinski definition) is 1. The minimum absolute atomic E-state index is 0.0118. The molecule has 1 amide bonds. The smallest absolute Gasteiger partial charge is 0.224 e. The molecule has 110 valence electrons. The average Bonchev–Trinajstić information content (AvgIpc) is 2.50. The van der Waals surface area contributed by atoms with E-state index in [1.165, 1.54) is 0 Å². The first kappa shape index (κ1) is 15.7. The second-order valence-corrected chi connectivity index (χ2v) is 5.46. The summed E-state index contributed by atoms with van der Waals surface area (Å²) in [4.78, 5) is 16.0. The van der Waals surface area contributed by atoms with Crippen molar-refractivity contribution in [2.45, 2.75) is 19.4 Å². The zero-order valence-electron chi connectivity index (χ0n) is 11.8. The molecule has 0 aliphatic carbocycles. The molecule has 0 aliphatic heterocycles. The molecule has 2 rings (SSSR count). The predicted octanol–water partition coefficient (Wildman–Crippen LogP) is 3.56. The molecule has 1 N–H and O–H groups in total. The van der Waals surface area contributed by atoms with Gasteiger partial charge in [-0.15, -0.1) is 0 Å². The molecule has 0 spiro atoms. The number of pyridine rings is 1. The van der Waals surface area contributed by atoms with E-state index in [2.05, 4.69) is 26.2 Å². The number of aromatic nitrogens is 1. The van der Waals surface area contributed by atoms with E-state index < -0.39 is 0 Å². The maximum absolute atomic E-state index is 12.1. The molecule has 4 nitrogen and oxygen atoms in total. The minimum Gasteiger partial charge on any atom is -0.380 e. The highest BCUT2D eigenvalue weighted by molar-refractivity contribution is 9.10. The van der Waals surface area contributed by atoms with Gasteiger partial charge in [-0.25, -0.2) is 0 Å². The van der Waals surface area contributed by atoms with E-state index in [0.29, 0.717) is 19.4 Å². The first-order valence-electron chi connectivity index (χ1n) is 6.66. The van der Waals surface area contributed by atoms with Crippen LogP contribution in [0.2, 0.25) is 0 Å². The van der Waals surface area contributed by atoms with Gasteiger partial charge in [0.1, 0.15) is 0 Å². The summed E-state index contributed by atoms with van der Waals surface area (Å²) in [6, 6.07) is 9.54. The molecular weight excluding hydrogens is 332 g/mol. The Hall–Kier alpha value is -1.72. The maximum atomic E-state index is 12.1. The van der Waals surface area contributed by atoms with Gasteiger partial charge in [0.05, 0.1) is 6.61 Å². The Labute approximate surface area is 132 Å². The van der Waals surface area contributed by atoms with Gasteiger partial charge in [0, 0.05) is 41.6 Å². The number of amides is 1. The standard InChI is InChI=1S/C16H17BrN2O2/c1-21-11-13-14(17)3-2-4-15(13)19-16(20)6-5-12-7-9-18-10-8-12/h2-4,7-10H,5-6,11H2,1H3,(H,19,20). The van der Waals surface area contributed by atoms with Crippen LogP contribution < -0.4 is 5.32 Å². The van der Waals surface area contributed by atoms with Gasteiger partial charge >= 0.3 is 0 Å². The highest BCUT2D eigenvalue weighted by Gasteiger charge is 2.09. The molecule has 0 radical (unpaired) electrons. The summed E-state index contributed by atoms with van der Waals surface area (Å²) >= 11 is 3.48. The number of benzene rings is 1. The second kappa shape index (κ2) is 7.90. The molecule has 5 heteroatoms. The van der Waals surface area contributed by atoms with Crippen molar-refractivity contribution >= 4 is 27.5 Å². The lowest BCUT2D eigenvalue weighted by atomic mass is 10.1. The van der Waals surface area contributed by atoms with Crippen LogP contribution >= 0.6 is 15.9 Å². The van der Waals surface area contributed by atoms with Gasteiger partial charge in [-0.3, -0.25) is 9.78 Å². The molecule has 1 aromatic heterocycles. The highest BCUT2D eigenvalue weighted by atomic mass is 79.9. The molecule has 0 fully saturated rings. The Bertz CT molecular complexity index is 602. The first-order valence-corrected chi connectivity index (χ1v) is 7.45. The monoisotopic (exact) mass is 348 g/mol. The van der Waals surface area contributed by atoms with Crippen LogP contribution in [-0.2, 0) is 22.6 Å². The Morgan fingerprint density at radius 3 is 2.76 bits per heavy atom. The lowest BCUT2D eigenvalue weighted by Gasteiger charge is -2.12. The topological polar surface area (TPSA) is 51.2 Å². The van der Waals surface area contributed by atoms with Crippen LogP contribution in [0, 0.1) is 0 Å². The van der Waals surface area contributed by atoms with Crippen molar-refractivity contribution in [2.75, 3.05) is 12.4 Å². The van der Waals surface area contributed by atoms with Crippen molar-refractivity contribution in [3.8, 4) is 0 Å². The van der Waals surface area contributed by atoms with Gasteiger partial charge in [-0.1, -0.05) is 22.0 Å². The lowest BCUT2D eigenvalue weighted by Crippen LogP contribution is -2.14. The fourth-order valence-electron chi connectivity index (χ4n) is 1.99. The number of nitrogens with one attached hydrogen (secondary N) is 1. The molecule has 21 heavy (non-hydrogen) atoms. The molecule has 1 aromatic carbocycles. The van der Waals surface area contributed by atoms with Crippen LogP contribution in [0.4, 0.5) is 5.69 Å². The number of ether oxygens (including phenoxy) is 1. The largest absolute Gasteiger partial charge is 0.380 e. The number of carbonyl (C=O) groups excluding carboxylic acids is 1. The minimum atomic E-state index is -0.0118. The van der Waals surface area contributed by atoms with E-state index in [4.69, 9.17) is 4.74 Å². The number of anilines is 1. The SMILES string of the molecule is COCc1c(Br)cccc1NC(=O)CCc1ccncc1. The molecule has 0 aliphatic rings. The fraction of sp³-hybridized carbons (Fsp3) is 0.250. The maximum Gasteiger partial charge on any atom is 0.224 e. The fourth-order valence-corrected chi connectivity index (χ4v) is 2.47. The summed E-state index contributed by atoms with van der Waals surface area (Å²) in [5.41, 5.74) is 2.83. The van der Waals surface area contributed by atoms with Gasteiger partial charge in [0.15, 0.2) is 0 Å². The second-order valence-electron chi connectivity index (χ2n) is 4.60. The summed E-state index contributed by atoms with van der Waals surface area (Å²) in [5.74, 6) is -0.0118. The third kappa shape index (κ3) is 4.65. The molecule has 0 bridgehead atoms. The molecule has 0 saturated heterocycles. The zero-order valence-corrected chi connectivity index (χ0v) is 13.4. The van der Waals surface area contributed by atoms with E-state index >= 15 is 0 Å². The van der Waals surface area contributed by atoms with E-state index in [-0.39, 0.29) is 5.91 Å². The van der Waals surface area contributed by atoms with E-state index in [0.717, 1.165) is 21.3 Å². The first-order chi connectivity index (χ1) is 10.2.